The minimum Gasteiger partial charge on any atom is -0.475 e. The lowest BCUT2D eigenvalue weighted by atomic mass is 10.2. The molecule has 0 N–H and O–H groups in total. The van der Waals surface area contributed by atoms with E-state index >= 15 is 0 Å². The van der Waals surface area contributed by atoms with Gasteiger partial charge in [0.15, 0.2) is 0 Å². The van der Waals surface area contributed by atoms with Gasteiger partial charge in [0.05, 0.1) is 6.04 Å². The van der Waals surface area contributed by atoms with E-state index in [1.54, 1.807) is 0 Å². The summed E-state index contributed by atoms with van der Waals surface area (Å²) >= 11 is 1.81. The third-order valence-electron chi connectivity index (χ3n) is 2.09. The highest BCUT2D eigenvalue weighted by Crippen LogP contribution is 2.14. The lowest BCUT2D eigenvalue weighted by Gasteiger charge is -2.00. The van der Waals surface area contributed by atoms with Crippen LogP contribution in [0.3, 0.4) is 0 Å². The maximum Gasteiger partial charge on any atom is 0.216 e. The smallest absolute Gasteiger partial charge is 0.216 e. The van der Waals surface area contributed by atoms with Crippen molar-refractivity contribution in [2.75, 3.05) is 18.6 Å². The first-order valence-corrected chi connectivity index (χ1v) is 6.04. The fraction of sp³-hybridized carbons (Fsp3) is 0.364. The molecule has 0 fully saturated rings. The molecule has 0 spiro atoms. The van der Waals surface area contributed by atoms with Crippen molar-refractivity contribution >= 4 is 17.7 Å². The summed E-state index contributed by atoms with van der Waals surface area (Å²) < 4.78 is 5.54. The molecule has 74 valence electrons. The second kappa shape index (κ2) is 4.51. The number of aliphatic imine (C=N–C) groups is 1. The average Bonchev–Trinajstić information content (AvgIpc) is 2.68. The van der Waals surface area contributed by atoms with Gasteiger partial charge in [-0.3, -0.25) is 0 Å². The Bertz CT molecular complexity index is 323. The summed E-state index contributed by atoms with van der Waals surface area (Å²) in [4.78, 5) is 4.52. The lowest BCUT2D eigenvalue weighted by Crippen LogP contribution is -2.08. The molecule has 0 aliphatic carbocycles. The molecule has 0 bridgehead atoms. The second-order valence-electron chi connectivity index (χ2n) is 3.22. The van der Waals surface area contributed by atoms with Gasteiger partial charge in [0.25, 0.3) is 0 Å². The summed E-state index contributed by atoms with van der Waals surface area (Å²) in [6.45, 7) is 0.727. The predicted octanol–water partition coefficient (Wildman–Crippen LogP) is 2.20. The Labute approximate surface area is 88.4 Å². The fourth-order valence-electron chi connectivity index (χ4n) is 1.43. The van der Waals surface area contributed by atoms with Crippen LogP contribution in [0.15, 0.2) is 35.3 Å². The van der Waals surface area contributed by atoms with Gasteiger partial charge >= 0.3 is 0 Å². The number of hydrogen-bond donors (Lipinski definition) is 0. The van der Waals surface area contributed by atoms with E-state index < -0.39 is 0 Å². The number of benzene rings is 1. The summed E-state index contributed by atoms with van der Waals surface area (Å²) in [5.41, 5.74) is 1.08. The quantitative estimate of drug-likeness (QED) is 0.758. The average molecular weight is 207 g/mol. The van der Waals surface area contributed by atoms with Crippen molar-refractivity contribution < 1.29 is 4.74 Å². The van der Waals surface area contributed by atoms with E-state index in [0.717, 1.165) is 23.8 Å². The highest BCUT2D eigenvalue weighted by Gasteiger charge is 2.18. The molecule has 2 nitrogen and oxygen atoms in total. The third kappa shape index (κ3) is 2.10. The van der Waals surface area contributed by atoms with Crippen LogP contribution >= 0.6 is 11.8 Å². The van der Waals surface area contributed by atoms with Crippen LogP contribution in [-0.2, 0) is 4.74 Å². The molecule has 0 aromatic heterocycles. The standard InChI is InChI=1S/C11H13NOS/c1-14-8-10-7-13-11(12-10)9-5-3-2-4-6-9/h2-6,10H,7-8H2,1H3/t10-/m1/s1. The first-order valence-electron chi connectivity index (χ1n) is 4.65. The predicted molar refractivity (Wildman–Crippen MR) is 61.1 cm³/mol. The SMILES string of the molecule is CSC[C@H]1COC(c2ccccc2)=N1. The molecule has 1 aliphatic rings. The fourth-order valence-corrected chi connectivity index (χ4v) is 1.99. The molecule has 0 unspecified atom stereocenters. The third-order valence-corrected chi connectivity index (χ3v) is 2.81. The summed E-state index contributed by atoms with van der Waals surface area (Å²) in [5.74, 6) is 1.83. The highest BCUT2D eigenvalue weighted by atomic mass is 32.2. The van der Waals surface area contributed by atoms with Gasteiger partial charge in [-0.15, -0.1) is 0 Å². The van der Waals surface area contributed by atoms with Crippen molar-refractivity contribution in [3.63, 3.8) is 0 Å². The Morgan fingerprint density at radius 2 is 2.21 bits per heavy atom. The van der Waals surface area contributed by atoms with Crippen LogP contribution in [0.1, 0.15) is 5.56 Å². The molecule has 1 atom stereocenters. The molecule has 1 aromatic carbocycles. The van der Waals surface area contributed by atoms with Gasteiger partial charge in [0.2, 0.25) is 5.90 Å². The molecular weight excluding hydrogens is 194 g/mol. The molecular formula is C11H13NOS. The zero-order valence-corrected chi connectivity index (χ0v) is 8.96. The second-order valence-corrected chi connectivity index (χ2v) is 4.13. The van der Waals surface area contributed by atoms with Crippen molar-refractivity contribution in [3.8, 4) is 0 Å². The molecule has 2 rings (SSSR count). The Hall–Kier alpha value is -0.960. The van der Waals surface area contributed by atoms with Gasteiger partial charge in [-0.2, -0.15) is 11.8 Å². The van der Waals surface area contributed by atoms with Crippen LogP contribution < -0.4 is 0 Å². The number of rotatable bonds is 3. The van der Waals surface area contributed by atoms with Crippen molar-refractivity contribution in [2.45, 2.75) is 6.04 Å². The Morgan fingerprint density at radius 3 is 2.93 bits per heavy atom. The zero-order chi connectivity index (χ0) is 9.80. The van der Waals surface area contributed by atoms with Crippen LogP contribution in [0.5, 0.6) is 0 Å². The molecule has 1 heterocycles. The van der Waals surface area contributed by atoms with E-state index in [-0.39, 0.29) is 0 Å². The van der Waals surface area contributed by atoms with Crippen LogP contribution in [0.4, 0.5) is 0 Å². The van der Waals surface area contributed by atoms with E-state index in [1.165, 1.54) is 0 Å². The maximum atomic E-state index is 5.54. The van der Waals surface area contributed by atoms with E-state index in [4.69, 9.17) is 4.74 Å². The van der Waals surface area contributed by atoms with Gasteiger partial charge < -0.3 is 4.74 Å². The van der Waals surface area contributed by atoms with Gasteiger partial charge in [0.1, 0.15) is 6.61 Å². The van der Waals surface area contributed by atoms with E-state index in [1.807, 2.05) is 42.1 Å². The minimum absolute atomic E-state index is 0.334. The molecule has 1 aliphatic heterocycles. The highest BCUT2D eigenvalue weighted by molar-refractivity contribution is 7.98. The Morgan fingerprint density at radius 1 is 1.43 bits per heavy atom. The van der Waals surface area contributed by atoms with Crippen LogP contribution in [0.25, 0.3) is 0 Å². The van der Waals surface area contributed by atoms with Gasteiger partial charge in [-0.05, 0) is 18.4 Å². The topological polar surface area (TPSA) is 21.6 Å². The van der Waals surface area contributed by atoms with Crippen molar-refractivity contribution in [2.24, 2.45) is 4.99 Å². The van der Waals surface area contributed by atoms with Gasteiger partial charge in [-0.1, -0.05) is 18.2 Å². The monoisotopic (exact) mass is 207 g/mol. The van der Waals surface area contributed by atoms with Crippen molar-refractivity contribution in [3.05, 3.63) is 35.9 Å². The van der Waals surface area contributed by atoms with Crippen molar-refractivity contribution in [1.29, 1.82) is 0 Å². The molecule has 0 saturated heterocycles. The first kappa shape index (κ1) is 9.59. The number of ether oxygens (including phenoxy) is 1. The lowest BCUT2D eigenvalue weighted by molar-refractivity contribution is 0.325. The Balaban J connectivity index is 2.10. The van der Waals surface area contributed by atoms with E-state index in [0.29, 0.717) is 6.04 Å². The zero-order valence-electron chi connectivity index (χ0n) is 8.14. The van der Waals surface area contributed by atoms with Crippen LogP contribution in [0, 0.1) is 0 Å². The molecule has 0 amide bonds. The molecule has 3 heteroatoms. The minimum atomic E-state index is 0.334. The number of thioether (sulfide) groups is 1. The summed E-state index contributed by atoms with van der Waals surface area (Å²) in [6.07, 6.45) is 2.09. The molecule has 0 radical (unpaired) electrons. The van der Waals surface area contributed by atoms with Crippen LogP contribution in [-0.4, -0.2) is 30.6 Å². The van der Waals surface area contributed by atoms with Crippen molar-refractivity contribution in [1.82, 2.24) is 0 Å². The Kier molecular flexibility index (Phi) is 3.09. The van der Waals surface area contributed by atoms with Gasteiger partial charge in [-0.25, -0.2) is 4.99 Å². The molecule has 1 aromatic rings. The summed E-state index contributed by atoms with van der Waals surface area (Å²) in [7, 11) is 0. The first-order chi connectivity index (χ1) is 6.90. The molecule has 0 saturated carbocycles. The molecule has 14 heavy (non-hydrogen) atoms. The normalized spacial score (nSPS) is 20.4. The largest absolute Gasteiger partial charge is 0.475 e. The van der Waals surface area contributed by atoms with E-state index in [2.05, 4.69) is 11.2 Å². The van der Waals surface area contributed by atoms with E-state index in [9.17, 15) is 0 Å². The van der Waals surface area contributed by atoms with Crippen LogP contribution in [0.2, 0.25) is 0 Å². The number of hydrogen-bond acceptors (Lipinski definition) is 3. The summed E-state index contributed by atoms with van der Waals surface area (Å²) in [6, 6.07) is 10.4. The maximum absolute atomic E-state index is 5.54. The number of nitrogens with zero attached hydrogens (tertiary/aromatic N) is 1. The van der Waals surface area contributed by atoms with Gasteiger partial charge in [0, 0.05) is 11.3 Å². The summed E-state index contributed by atoms with van der Waals surface area (Å²) in [5, 5.41) is 0.